The van der Waals surface area contributed by atoms with E-state index in [1.807, 2.05) is 26.0 Å². The van der Waals surface area contributed by atoms with E-state index in [4.69, 9.17) is 10.00 Å². The Morgan fingerprint density at radius 1 is 1.33 bits per heavy atom. The minimum absolute atomic E-state index is 0.129. The van der Waals surface area contributed by atoms with Gasteiger partial charge in [0.1, 0.15) is 11.8 Å². The van der Waals surface area contributed by atoms with Gasteiger partial charge in [0.25, 0.3) is 11.8 Å². The van der Waals surface area contributed by atoms with Crippen LogP contribution in [0.2, 0.25) is 0 Å². The van der Waals surface area contributed by atoms with Gasteiger partial charge in [0.05, 0.1) is 10.5 Å². The molecule has 0 aliphatic heterocycles. The summed E-state index contributed by atoms with van der Waals surface area (Å²) >= 11 is 3.42. The Bertz CT molecular complexity index is 1010. The number of hydrazine groups is 1. The molecule has 1 aromatic rings. The fraction of sp³-hybridized carbons (Fsp3) is 0.500. The number of benzene rings is 1. The minimum atomic E-state index is -0.394. The van der Waals surface area contributed by atoms with Gasteiger partial charge in [-0.1, -0.05) is 52.3 Å². The van der Waals surface area contributed by atoms with Crippen LogP contribution in [0.15, 0.2) is 39.9 Å². The monoisotopic (exact) mass is 515 g/mol. The number of nitrogens with zero attached hydrogens (tertiary/aromatic N) is 2. The van der Waals surface area contributed by atoms with Crippen molar-refractivity contribution in [1.29, 1.82) is 5.26 Å². The van der Waals surface area contributed by atoms with Crippen LogP contribution < -0.4 is 10.2 Å². The maximum atomic E-state index is 13.7. The van der Waals surface area contributed by atoms with Crippen LogP contribution in [0.5, 0.6) is 5.75 Å². The zero-order valence-electron chi connectivity index (χ0n) is 20.6. The summed E-state index contributed by atoms with van der Waals surface area (Å²) in [5.41, 5.74) is 5.38. The Labute approximate surface area is 205 Å². The minimum Gasteiger partial charge on any atom is -0.477 e. The largest absolute Gasteiger partial charge is 0.477 e. The van der Waals surface area contributed by atoms with Crippen molar-refractivity contribution in [2.45, 2.75) is 67.3 Å². The highest BCUT2D eigenvalue weighted by atomic mass is 79.9. The molecule has 7 heteroatoms. The van der Waals surface area contributed by atoms with Crippen LogP contribution in [0.3, 0.4) is 0 Å². The Morgan fingerprint density at radius 3 is 2.55 bits per heavy atom. The first kappa shape index (κ1) is 26.7. The SMILES string of the molecule is CC[C@@H](N(NC(=O)c1ccc(Br)c(OCC#N)c1C)C(=O)C1=CC(C)=CC(C)C1)C(C)(C)C. The highest BCUT2D eigenvalue weighted by molar-refractivity contribution is 9.10. The van der Waals surface area contributed by atoms with Crippen molar-refractivity contribution in [1.82, 2.24) is 10.4 Å². The van der Waals surface area contributed by atoms with E-state index in [-0.39, 0.29) is 29.9 Å². The lowest BCUT2D eigenvalue weighted by Gasteiger charge is -2.40. The molecule has 1 N–H and O–H groups in total. The van der Waals surface area contributed by atoms with Crippen molar-refractivity contribution in [3.8, 4) is 11.8 Å². The van der Waals surface area contributed by atoms with Crippen molar-refractivity contribution in [2.75, 3.05) is 6.61 Å². The molecule has 0 saturated heterocycles. The number of rotatable bonds is 6. The lowest BCUT2D eigenvalue weighted by Crippen LogP contribution is -2.56. The topological polar surface area (TPSA) is 82.4 Å². The maximum Gasteiger partial charge on any atom is 0.270 e. The smallest absolute Gasteiger partial charge is 0.270 e. The summed E-state index contributed by atoms with van der Waals surface area (Å²) in [6.45, 7) is 13.9. The van der Waals surface area contributed by atoms with E-state index in [1.165, 1.54) is 5.01 Å². The highest BCUT2D eigenvalue weighted by Crippen LogP contribution is 2.33. The molecule has 0 radical (unpaired) electrons. The normalized spacial score (nSPS) is 16.8. The summed E-state index contributed by atoms with van der Waals surface area (Å²) in [7, 11) is 0. The Kier molecular flexibility index (Phi) is 8.90. The number of carbonyl (C=O) groups is 2. The fourth-order valence-corrected chi connectivity index (χ4v) is 4.89. The summed E-state index contributed by atoms with van der Waals surface area (Å²) in [4.78, 5) is 27.1. The molecule has 0 spiro atoms. The lowest BCUT2D eigenvalue weighted by atomic mass is 9.84. The number of hydrogen-bond acceptors (Lipinski definition) is 4. The van der Waals surface area contributed by atoms with Crippen molar-refractivity contribution in [2.24, 2.45) is 11.3 Å². The zero-order valence-corrected chi connectivity index (χ0v) is 22.2. The Hall–Kier alpha value is -2.59. The molecule has 0 saturated carbocycles. The number of ether oxygens (including phenoxy) is 1. The van der Waals surface area contributed by atoms with E-state index >= 15 is 0 Å². The number of amides is 2. The summed E-state index contributed by atoms with van der Waals surface area (Å²) in [5, 5.41) is 10.4. The molecular formula is C26H34BrN3O3. The first-order chi connectivity index (χ1) is 15.4. The van der Waals surface area contributed by atoms with Gasteiger partial charge in [-0.15, -0.1) is 0 Å². The summed E-state index contributed by atoms with van der Waals surface area (Å²) in [5.74, 6) is 0.124. The fourth-order valence-electron chi connectivity index (χ4n) is 4.35. The molecule has 2 amide bonds. The lowest BCUT2D eigenvalue weighted by molar-refractivity contribution is -0.135. The van der Waals surface area contributed by atoms with Gasteiger partial charge in [-0.25, -0.2) is 5.01 Å². The van der Waals surface area contributed by atoms with E-state index in [9.17, 15) is 9.59 Å². The second-order valence-corrected chi connectivity index (χ2v) is 10.5. The van der Waals surface area contributed by atoms with Crippen molar-refractivity contribution in [3.63, 3.8) is 0 Å². The highest BCUT2D eigenvalue weighted by Gasteiger charge is 2.35. The Balaban J connectivity index is 2.46. The van der Waals surface area contributed by atoms with Crippen LogP contribution >= 0.6 is 15.9 Å². The van der Waals surface area contributed by atoms with Gasteiger partial charge in [-0.2, -0.15) is 5.26 Å². The molecule has 1 aliphatic carbocycles. The van der Waals surface area contributed by atoms with Crippen molar-refractivity contribution < 1.29 is 14.3 Å². The average molecular weight is 516 g/mol. The maximum absolute atomic E-state index is 13.7. The number of nitriles is 1. The molecule has 0 aromatic heterocycles. The van der Waals surface area contributed by atoms with Gasteiger partial charge in [0.2, 0.25) is 0 Å². The predicted molar refractivity (Wildman–Crippen MR) is 133 cm³/mol. The third-order valence-corrected chi connectivity index (χ3v) is 6.41. The molecule has 1 aliphatic rings. The van der Waals surface area contributed by atoms with Crippen molar-refractivity contribution in [3.05, 3.63) is 51.0 Å². The predicted octanol–water partition coefficient (Wildman–Crippen LogP) is 5.87. The summed E-state index contributed by atoms with van der Waals surface area (Å²) < 4.78 is 6.17. The van der Waals surface area contributed by atoms with Crippen LogP contribution in [-0.4, -0.2) is 29.5 Å². The molecule has 0 fully saturated rings. The van der Waals surface area contributed by atoms with E-state index in [1.54, 1.807) is 19.1 Å². The second-order valence-electron chi connectivity index (χ2n) is 9.66. The third kappa shape index (κ3) is 6.48. The number of nitrogens with one attached hydrogen (secondary N) is 1. The van der Waals surface area contributed by atoms with Crippen LogP contribution in [0.1, 0.15) is 70.3 Å². The van der Waals surface area contributed by atoms with Crippen LogP contribution in [0.4, 0.5) is 0 Å². The number of hydrogen-bond donors (Lipinski definition) is 1. The first-order valence-electron chi connectivity index (χ1n) is 11.2. The van der Waals surface area contributed by atoms with Gasteiger partial charge in [0.15, 0.2) is 6.61 Å². The van der Waals surface area contributed by atoms with Crippen LogP contribution in [-0.2, 0) is 4.79 Å². The molecule has 0 bridgehead atoms. The first-order valence-corrected chi connectivity index (χ1v) is 12.0. The molecule has 6 nitrogen and oxygen atoms in total. The molecule has 178 valence electrons. The summed E-state index contributed by atoms with van der Waals surface area (Å²) in [6, 6.07) is 5.13. The van der Waals surface area contributed by atoms with Crippen molar-refractivity contribution >= 4 is 27.7 Å². The van der Waals surface area contributed by atoms with Gasteiger partial charge in [-0.3, -0.25) is 15.0 Å². The number of allylic oxidation sites excluding steroid dienone is 3. The number of halogens is 1. The Morgan fingerprint density at radius 2 is 2.00 bits per heavy atom. The van der Waals surface area contributed by atoms with Gasteiger partial charge in [0, 0.05) is 16.7 Å². The van der Waals surface area contributed by atoms with Crippen LogP contribution in [0.25, 0.3) is 0 Å². The second kappa shape index (κ2) is 11.0. The molecule has 2 atom stereocenters. The average Bonchev–Trinajstić information content (AvgIpc) is 2.71. The van der Waals surface area contributed by atoms with Gasteiger partial charge < -0.3 is 4.74 Å². The van der Waals surface area contributed by atoms with Gasteiger partial charge in [-0.05, 0) is 66.1 Å². The molecular weight excluding hydrogens is 482 g/mol. The standard InChI is InChI=1S/C26H34BrN3O3/c1-8-22(26(5,6)7)30(25(32)19-14-16(2)13-17(3)15-19)29-24(31)20-9-10-21(27)23(18(20)4)33-12-11-28/h9-10,13-14,17,22H,8,12,15H2,1-7H3,(H,29,31)/t17?,22-/m1/s1. The van der Waals surface area contributed by atoms with E-state index in [2.05, 4.69) is 55.1 Å². The number of carbonyl (C=O) groups excluding carboxylic acids is 2. The van der Waals surface area contributed by atoms with E-state index in [0.717, 1.165) is 5.57 Å². The molecule has 0 heterocycles. The van der Waals surface area contributed by atoms with Gasteiger partial charge >= 0.3 is 0 Å². The quantitative estimate of drug-likeness (QED) is 0.480. The van der Waals surface area contributed by atoms with Crippen LogP contribution in [0, 0.1) is 29.6 Å². The summed E-state index contributed by atoms with van der Waals surface area (Å²) in [6.07, 6.45) is 5.37. The van der Waals surface area contributed by atoms with E-state index in [0.29, 0.717) is 39.8 Å². The molecule has 1 aromatic carbocycles. The molecule has 33 heavy (non-hydrogen) atoms. The van der Waals surface area contributed by atoms with E-state index < -0.39 is 5.91 Å². The molecule has 2 rings (SSSR count). The zero-order chi connectivity index (χ0) is 24.9. The third-order valence-electron chi connectivity index (χ3n) is 5.79. The molecule has 1 unspecified atom stereocenters.